The number of methoxy groups -OCH3 is 1. The summed E-state index contributed by atoms with van der Waals surface area (Å²) in [5.41, 5.74) is -2.90. The van der Waals surface area contributed by atoms with Gasteiger partial charge in [0.25, 0.3) is 5.56 Å². The van der Waals surface area contributed by atoms with E-state index < -0.39 is 29.3 Å². The first-order chi connectivity index (χ1) is 11.2. The van der Waals surface area contributed by atoms with Gasteiger partial charge in [-0.05, 0) is 28.9 Å². The molecular formula is C14H11BrF4N2O3. The standard InChI is InChI=1S/C14H11BrF4N2O3/c1-3-24-13-20-11(14(17,18)19)6-12(22)21(13)9-5-10(23-2)7(15)4-8(9)16/h4-6H,3H2,1-2H3. The monoisotopic (exact) mass is 410 g/mol. The van der Waals surface area contributed by atoms with Crippen molar-refractivity contribution in [3.05, 3.63) is 44.5 Å². The number of alkyl halides is 3. The summed E-state index contributed by atoms with van der Waals surface area (Å²) in [6.45, 7) is 1.43. The second-order valence-electron chi connectivity index (χ2n) is 4.47. The zero-order valence-electron chi connectivity index (χ0n) is 12.4. The van der Waals surface area contributed by atoms with Gasteiger partial charge in [-0.3, -0.25) is 4.79 Å². The minimum absolute atomic E-state index is 0.0664. The summed E-state index contributed by atoms with van der Waals surface area (Å²) < 4.78 is 63.6. The molecule has 5 nitrogen and oxygen atoms in total. The Labute approximate surface area is 142 Å². The molecule has 1 heterocycles. The molecule has 0 fully saturated rings. The topological polar surface area (TPSA) is 53.3 Å². The zero-order chi connectivity index (χ0) is 18.1. The van der Waals surface area contributed by atoms with E-state index >= 15 is 0 Å². The molecular weight excluding hydrogens is 400 g/mol. The molecule has 10 heteroatoms. The van der Waals surface area contributed by atoms with Gasteiger partial charge in [0.2, 0.25) is 0 Å². The summed E-state index contributed by atoms with van der Waals surface area (Å²) in [6, 6.07) is 1.78. The molecule has 0 aliphatic heterocycles. The quantitative estimate of drug-likeness (QED) is 0.723. The average Bonchev–Trinajstić information content (AvgIpc) is 2.47. The van der Waals surface area contributed by atoms with Crippen molar-refractivity contribution in [2.75, 3.05) is 13.7 Å². The molecule has 0 N–H and O–H groups in total. The molecule has 0 saturated heterocycles. The van der Waals surface area contributed by atoms with Crippen LogP contribution in [-0.2, 0) is 6.18 Å². The number of rotatable bonds is 4. The van der Waals surface area contributed by atoms with Gasteiger partial charge in [-0.1, -0.05) is 0 Å². The van der Waals surface area contributed by atoms with Crippen molar-refractivity contribution in [3.63, 3.8) is 0 Å². The maximum absolute atomic E-state index is 14.2. The van der Waals surface area contributed by atoms with Gasteiger partial charge in [-0.15, -0.1) is 0 Å². The van der Waals surface area contributed by atoms with E-state index in [0.29, 0.717) is 4.57 Å². The van der Waals surface area contributed by atoms with E-state index in [1.54, 1.807) is 0 Å². The van der Waals surface area contributed by atoms with Gasteiger partial charge in [0.15, 0.2) is 5.69 Å². The number of ether oxygens (including phenoxy) is 2. The Morgan fingerprint density at radius 3 is 2.50 bits per heavy atom. The lowest BCUT2D eigenvalue weighted by molar-refractivity contribution is -0.141. The molecule has 2 rings (SSSR count). The van der Waals surface area contributed by atoms with Crippen LogP contribution in [0, 0.1) is 5.82 Å². The Hall–Kier alpha value is -2.10. The molecule has 1 aromatic carbocycles. The fraction of sp³-hybridized carbons (Fsp3) is 0.286. The second-order valence-corrected chi connectivity index (χ2v) is 5.32. The Morgan fingerprint density at radius 1 is 1.29 bits per heavy atom. The van der Waals surface area contributed by atoms with Gasteiger partial charge >= 0.3 is 12.2 Å². The van der Waals surface area contributed by atoms with Crippen molar-refractivity contribution in [2.45, 2.75) is 13.1 Å². The minimum atomic E-state index is -4.83. The predicted octanol–water partition coefficient (Wildman–Crippen LogP) is 3.56. The lowest BCUT2D eigenvalue weighted by atomic mass is 10.2. The van der Waals surface area contributed by atoms with E-state index in [4.69, 9.17) is 9.47 Å². The number of nitrogens with zero attached hydrogens (tertiary/aromatic N) is 2. The molecule has 0 aliphatic rings. The van der Waals surface area contributed by atoms with Crippen molar-refractivity contribution in [2.24, 2.45) is 0 Å². The third kappa shape index (κ3) is 3.53. The van der Waals surface area contributed by atoms with E-state index in [1.807, 2.05) is 0 Å². The maximum atomic E-state index is 14.2. The first-order valence-electron chi connectivity index (χ1n) is 6.56. The van der Waals surface area contributed by atoms with Crippen LogP contribution in [0.15, 0.2) is 27.5 Å². The number of halogens is 5. The van der Waals surface area contributed by atoms with Crippen LogP contribution in [0.3, 0.4) is 0 Å². The van der Waals surface area contributed by atoms with Crippen LogP contribution in [-0.4, -0.2) is 23.3 Å². The van der Waals surface area contributed by atoms with E-state index in [0.717, 1.165) is 12.1 Å². The van der Waals surface area contributed by atoms with E-state index in [1.165, 1.54) is 14.0 Å². The molecule has 0 unspecified atom stereocenters. The highest BCUT2D eigenvalue weighted by Crippen LogP contribution is 2.32. The molecule has 24 heavy (non-hydrogen) atoms. The summed E-state index contributed by atoms with van der Waals surface area (Å²) >= 11 is 3.07. The fourth-order valence-corrected chi connectivity index (χ4v) is 2.38. The van der Waals surface area contributed by atoms with Crippen molar-refractivity contribution < 1.29 is 27.0 Å². The van der Waals surface area contributed by atoms with Crippen LogP contribution in [0.4, 0.5) is 17.6 Å². The van der Waals surface area contributed by atoms with Crippen LogP contribution in [0.25, 0.3) is 5.69 Å². The normalized spacial score (nSPS) is 11.5. The third-order valence-corrected chi connectivity index (χ3v) is 3.53. The van der Waals surface area contributed by atoms with Crippen LogP contribution < -0.4 is 15.0 Å². The fourth-order valence-electron chi connectivity index (χ4n) is 1.90. The Kier molecular flexibility index (Phi) is 5.16. The largest absolute Gasteiger partial charge is 0.495 e. The molecule has 0 amide bonds. The summed E-state index contributed by atoms with van der Waals surface area (Å²) in [6.07, 6.45) is -4.83. The van der Waals surface area contributed by atoms with Crippen molar-refractivity contribution in [3.8, 4) is 17.4 Å². The molecule has 0 aliphatic carbocycles. The smallest absolute Gasteiger partial charge is 0.433 e. The van der Waals surface area contributed by atoms with Crippen LogP contribution in [0.5, 0.6) is 11.8 Å². The van der Waals surface area contributed by atoms with Crippen LogP contribution >= 0.6 is 15.9 Å². The summed E-state index contributed by atoms with van der Waals surface area (Å²) in [5.74, 6) is -0.687. The average molecular weight is 411 g/mol. The highest BCUT2D eigenvalue weighted by atomic mass is 79.9. The number of benzene rings is 1. The molecule has 0 bridgehead atoms. The summed E-state index contributed by atoms with van der Waals surface area (Å²) in [7, 11) is 1.32. The minimum Gasteiger partial charge on any atom is -0.495 e. The molecule has 2 aromatic rings. The first-order valence-corrected chi connectivity index (χ1v) is 7.35. The van der Waals surface area contributed by atoms with Gasteiger partial charge in [-0.25, -0.2) is 8.96 Å². The SMILES string of the molecule is CCOc1nc(C(F)(F)F)cc(=O)n1-c1cc(OC)c(Br)cc1F. The molecule has 0 radical (unpaired) electrons. The van der Waals surface area contributed by atoms with Gasteiger partial charge in [0, 0.05) is 12.1 Å². The zero-order valence-corrected chi connectivity index (χ0v) is 14.0. The lowest BCUT2D eigenvalue weighted by Gasteiger charge is -2.16. The highest BCUT2D eigenvalue weighted by Gasteiger charge is 2.35. The number of aromatic nitrogens is 2. The number of hydrogen-bond donors (Lipinski definition) is 0. The van der Waals surface area contributed by atoms with Crippen LogP contribution in [0.2, 0.25) is 0 Å². The van der Waals surface area contributed by atoms with Crippen LogP contribution in [0.1, 0.15) is 12.6 Å². The van der Waals surface area contributed by atoms with E-state index in [9.17, 15) is 22.4 Å². The number of hydrogen-bond acceptors (Lipinski definition) is 4. The lowest BCUT2D eigenvalue weighted by Crippen LogP contribution is -2.25. The predicted molar refractivity (Wildman–Crippen MR) is 80.2 cm³/mol. The first kappa shape index (κ1) is 18.2. The Balaban J connectivity index is 2.77. The van der Waals surface area contributed by atoms with Gasteiger partial charge in [0.1, 0.15) is 11.6 Å². The van der Waals surface area contributed by atoms with Gasteiger partial charge in [-0.2, -0.15) is 18.2 Å². The molecule has 130 valence electrons. The van der Waals surface area contributed by atoms with Gasteiger partial charge in [0.05, 0.1) is 23.9 Å². The summed E-state index contributed by atoms with van der Waals surface area (Å²) in [4.78, 5) is 15.4. The Morgan fingerprint density at radius 2 is 1.96 bits per heavy atom. The highest BCUT2D eigenvalue weighted by molar-refractivity contribution is 9.10. The Bertz CT molecular complexity index is 821. The molecule has 0 spiro atoms. The van der Waals surface area contributed by atoms with Gasteiger partial charge < -0.3 is 9.47 Å². The van der Waals surface area contributed by atoms with E-state index in [-0.39, 0.29) is 28.6 Å². The molecule has 0 atom stereocenters. The summed E-state index contributed by atoms with van der Waals surface area (Å²) in [5, 5.41) is 0. The second kappa shape index (κ2) is 6.80. The maximum Gasteiger partial charge on any atom is 0.433 e. The van der Waals surface area contributed by atoms with Crippen molar-refractivity contribution >= 4 is 15.9 Å². The van der Waals surface area contributed by atoms with Crippen molar-refractivity contribution in [1.82, 2.24) is 9.55 Å². The van der Waals surface area contributed by atoms with Crippen molar-refractivity contribution in [1.29, 1.82) is 0 Å². The third-order valence-electron chi connectivity index (χ3n) is 2.91. The van der Waals surface area contributed by atoms with E-state index in [2.05, 4.69) is 20.9 Å². The molecule has 0 saturated carbocycles. The molecule has 1 aromatic heterocycles.